The lowest BCUT2D eigenvalue weighted by Crippen LogP contribution is -2.33. The Labute approximate surface area is 101 Å². The Morgan fingerprint density at radius 3 is 2.69 bits per heavy atom. The van der Waals surface area contributed by atoms with Gasteiger partial charge in [0.1, 0.15) is 5.82 Å². The minimum Gasteiger partial charge on any atom is -0.395 e. The summed E-state index contributed by atoms with van der Waals surface area (Å²) < 4.78 is 13.2. The number of hydrogen-bond acceptors (Lipinski definition) is 2. The number of nitrogens with zero attached hydrogens (tertiary/aromatic N) is 1. The summed E-state index contributed by atoms with van der Waals surface area (Å²) in [5.41, 5.74) is 0.754. The molecule has 0 saturated carbocycles. The molecule has 0 fully saturated rings. The summed E-state index contributed by atoms with van der Waals surface area (Å²) in [7, 11) is 0. The van der Waals surface area contributed by atoms with Gasteiger partial charge in [-0.05, 0) is 25.5 Å². The first-order valence-electron chi connectivity index (χ1n) is 5.34. The molecule has 1 N–H and O–H groups in total. The Morgan fingerprint density at radius 1 is 1.44 bits per heavy atom. The molecule has 1 aromatic carbocycles. The van der Waals surface area contributed by atoms with E-state index in [9.17, 15) is 4.39 Å². The second-order valence-electron chi connectivity index (χ2n) is 4.00. The second-order valence-corrected chi connectivity index (χ2v) is 4.38. The summed E-state index contributed by atoms with van der Waals surface area (Å²) in [5, 5.41) is 9.11. The van der Waals surface area contributed by atoms with E-state index >= 15 is 0 Å². The van der Waals surface area contributed by atoms with E-state index in [2.05, 4.69) is 0 Å². The van der Waals surface area contributed by atoms with E-state index < -0.39 is 5.82 Å². The largest absolute Gasteiger partial charge is 0.395 e. The van der Waals surface area contributed by atoms with Gasteiger partial charge in [-0.3, -0.25) is 4.90 Å². The maximum atomic E-state index is 13.2. The zero-order valence-electron chi connectivity index (χ0n) is 9.58. The highest BCUT2D eigenvalue weighted by atomic mass is 35.5. The fourth-order valence-electron chi connectivity index (χ4n) is 1.54. The molecular weight excluding hydrogens is 229 g/mol. The minimum absolute atomic E-state index is 0.0884. The van der Waals surface area contributed by atoms with E-state index in [0.29, 0.717) is 13.1 Å². The van der Waals surface area contributed by atoms with Crippen molar-refractivity contribution in [2.75, 3.05) is 13.2 Å². The molecule has 0 aliphatic heterocycles. The zero-order chi connectivity index (χ0) is 12.1. The molecule has 16 heavy (non-hydrogen) atoms. The average molecular weight is 246 g/mol. The summed E-state index contributed by atoms with van der Waals surface area (Å²) >= 11 is 5.88. The normalized spacial score (nSPS) is 11.4. The predicted molar refractivity (Wildman–Crippen MR) is 64.0 cm³/mol. The van der Waals surface area contributed by atoms with Crippen LogP contribution < -0.4 is 0 Å². The summed E-state index contributed by atoms with van der Waals surface area (Å²) in [6, 6.07) is 5.08. The lowest BCUT2D eigenvalue weighted by atomic mass is 10.2. The molecule has 4 heteroatoms. The molecule has 0 unspecified atom stereocenters. The lowest BCUT2D eigenvalue weighted by Gasteiger charge is -2.26. The van der Waals surface area contributed by atoms with Crippen molar-refractivity contribution in [3.8, 4) is 0 Å². The van der Waals surface area contributed by atoms with Gasteiger partial charge in [0, 0.05) is 19.1 Å². The molecule has 90 valence electrons. The van der Waals surface area contributed by atoms with E-state index in [-0.39, 0.29) is 17.7 Å². The number of halogens is 2. The first kappa shape index (κ1) is 13.4. The molecule has 0 spiro atoms. The van der Waals surface area contributed by atoms with Crippen molar-refractivity contribution < 1.29 is 9.50 Å². The predicted octanol–water partition coefficient (Wildman–Crippen LogP) is 2.68. The summed E-state index contributed by atoms with van der Waals surface area (Å²) in [6.45, 7) is 5.26. The van der Waals surface area contributed by atoms with Gasteiger partial charge in [0.05, 0.1) is 11.6 Å². The molecule has 0 aromatic heterocycles. The van der Waals surface area contributed by atoms with Gasteiger partial charge in [0.25, 0.3) is 0 Å². The maximum absolute atomic E-state index is 13.2. The second kappa shape index (κ2) is 6.18. The third-order valence-electron chi connectivity index (χ3n) is 2.52. The molecule has 0 radical (unpaired) electrons. The summed E-state index contributed by atoms with van der Waals surface area (Å²) in [5.74, 6) is -0.396. The van der Waals surface area contributed by atoms with Crippen LogP contribution in [0, 0.1) is 5.82 Å². The topological polar surface area (TPSA) is 23.5 Å². The SMILES string of the molecule is CC(C)N(CCO)Cc1cccc(F)c1Cl. The summed E-state index contributed by atoms with van der Waals surface area (Å²) in [4.78, 5) is 2.04. The molecule has 0 amide bonds. The molecular formula is C12H17ClFNO. The first-order valence-corrected chi connectivity index (χ1v) is 5.72. The molecule has 1 rings (SSSR count). The van der Waals surface area contributed by atoms with Crippen molar-refractivity contribution in [1.82, 2.24) is 4.90 Å². The lowest BCUT2D eigenvalue weighted by molar-refractivity contribution is 0.159. The Hall–Kier alpha value is -0.640. The number of aliphatic hydroxyl groups excluding tert-OH is 1. The fourth-order valence-corrected chi connectivity index (χ4v) is 1.72. The van der Waals surface area contributed by atoms with Crippen LogP contribution in [0.5, 0.6) is 0 Å². The van der Waals surface area contributed by atoms with E-state index in [1.54, 1.807) is 12.1 Å². The third kappa shape index (κ3) is 3.44. The molecule has 0 saturated heterocycles. The Balaban J connectivity index is 2.81. The molecule has 0 atom stereocenters. The zero-order valence-corrected chi connectivity index (χ0v) is 10.3. The van der Waals surface area contributed by atoms with Crippen LogP contribution >= 0.6 is 11.6 Å². The Bertz CT molecular complexity index is 344. The van der Waals surface area contributed by atoms with Gasteiger partial charge in [0.15, 0.2) is 0 Å². The minimum atomic E-state index is -0.396. The van der Waals surface area contributed by atoms with Crippen LogP contribution in [-0.2, 0) is 6.54 Å². The monoisotopic (exact) mass is 245 g/mol. The number of rotatable bonds is 5. The smallest absolute Gasteiger partial charge is 0.142 e. The molecule has 0 heterocycles. The molecule has 0 bridgehead atoms. The van der Waals surface area contributed by atoms with Gasteiger partial charge in [-0.1, -0.05) is 23.7 Å². The van der Waals surface area contributed by atoms with Crippen LogP contribution in [0.1, 0.15) is 19.4 Å². The van der Waals surface area contributed by atoms with Gasteiger partial charge >= 0.3 is 0 Å². The quantitative estimate of drug-likeness (QED) is 0.862. The van der Waals surface area contributed by atoms with E-state index in [0.717, 1.165) is 5.56 Å². The van der Waals surface area contributed by atoms with E-state index in [1.165, 1.54) is 6.07 Å². The molecule has 0 aliphatic carbocycles. The number of hydrogen-bond donors (Lipinski definition) is 1. The highest BCUT2D eigenvalue weighted by Gasteiger charge is 2.13. The third-order valence-corrected chi connectivity index (χ3v) is 2.95. The van der Waals surface area contributed by atoms with Crippen LogP contribution in [0.25, 0.3) is 0 Å². The van der Waals surface area contributed by atoms with Crippen molar-refractivity contribution in [3.05, 3.63) is 34.6 Å². The first-order chi connectivity index (χ1) is 7.56. The van der Waals surface area contributed by atoms with Crippen molar-refractivity contribution in [3.63, 3.8) is 0 Å². The van der Waals surface area contributed by atoms with Gasteiger partial charge < -0.3 is 5.11 Å². The number of benzene rings is 1. The van der Waals surface area contributed by atoms with Gasteiger partial charge in [-0.2, -0.15) is 0 Å². The van der Waals surface area contributed by atoms with Crippen molar-refractivity contribution in [2.24, 2.45) is 0 Å². The Kier molecular flexibility index (Phi) is 5.19. The number of aliphatic hydroxyl groups is 1. The van der Waals surface area contributed by atoms with Crippen LogP contribution in [-0.4, -0.2) is 29.2 Å². The van der Waals surface area contributed by atoms with Crippen LogP contribution in [0.2, 0.25) is 5.02 Å². The average Bonchev–Trinajstić information content (AvgIpc) is 2.23. The van der Waals surface area contributed by atoms with E-state index in [4.69, 9.17) is 16.7 Å². The van der Waals surface area contributed by atoms with Gasteiger partial charge in [0.2, 0.25) is 0 Å². The van der Waals surface area contributed by atoms with Crippen LogP contribution in [0.4, 0.5) is 4.39 Å². The van der Waals surface area contributed by atoms with Crippen molar-refractivity contribution in [1.29, 1.82) is 0 Å². The van der Waals surface area contributed by atoms with Gasteiger partial charge in [-0.15, -0.1) is 0 Å². The van der Waals surface area contributed by atoms with Crippen molar-refractivity contribution in [2.45, 2.75) is 26.4 Å². The van der Waals surface area contributed by atoms with Gasteiger partial charge in [-0.25, -0.2) is 4.39 Å². The molecule has 0 aliphatic rings. The molecule has 2 nitrogen and oxygen atoms in total. The van der Waals surface area contributed by atoms with Crippen molar-refractivity contribution >= 4 is 11.6 Å². The highest BCUT2D eigenvalue weighted by molar-refractivity contribution is 6.31. The van der Waals surface area contributed by atoms with Crippen LogP contribution in [0.15, 0.2) is 18.2 Å². The maximum Gasteiger partial charge on any atom is 0.142 e. The standard InChI is InChI=1S/C12H17ClFNO/c1-9(2)15(6-7-16)8-10-4-3-5-11(14)12(10)13/h3-5,9,16H,6-8H2,1-2H3. The highest BCUT2D eigenvalue weighted by Crippen LogP contribution is 2.21. The molecule has 1 aromatic rings. The Morgan fingerprint density at radius 2 is 2.12 bits per heavy atom. The summed E-state index contributed by atoms with van der Waals surface area (Å²) in [6.07, 6.45) is 0. The van der Waals surface area contributed by atoms with Crippen LogP contribution in [0.3, 0.4) is 0 Å². The van der Waals surface area contributed by atoms with E-state index in [1.807, 2.05) is 18.7 Å². The fraction of sp³-hybridized carbons (Fsp3) is 0.500.